The van der Waals surface area contributed by atoms with Crippen LogP contribution in [0.5, 0.6) is 5.75 Å². The van der Waals surface area contributed by atoms with Gasteiger partial charge in [-0.15, -0.1) is 11.8 Å². The molecule has 0 radical (unpaired) electrons. The van der Waals surface area contributed by atoms with Crippen molar-refractivity contribution in [2.75, 3.05) is 5.75 Å². The number of aryl methyl sites for hydroxylation is 3. The van der Waals surface area contributed by atoms with Gasteiger partial charge in [-0.2, -0.15) is 5.10 Å². The summed E-state index contributed by atoms with van der Waals surface area (Å²) >= 11 is 1.48. The number of phenolic OH excluding ortho intramolecular Hbond substituents is 1. The van der Waals surface area contributed by atoms with Gasteiger partial charge in [-0.1, -0.05) is 11.6 Å². The number of hydrogen-bond acceptors (Lipinski definition) is 5. The van der Waals surface area contributed by atoms with Gasteiger partial charge in [0.1, 0.15) is 5.75 Å². The Kier molecular flexibility index (Phi) is 5.76. The van der Waals surface area contributed by atoms with Crippen LogP contribution in [0.1, 0.15) is 22.4 Å². The standard InChI is InChI=1S/C21H21N3O2S/c1-13-8-14(2)21-18(9-13)19(10-15(3)23-21)27-12-20(26)24-22-11-16-4-6-17(25)7-5-16/h4-11,25H,12H2,1-3H3,(H,24,26)/b22-11+. The first-order valence-electron chi connectivity index (χ1n) is 8.55. The van der Waals surface area contributed by atoms with Crippen molar-refractivity contribution >= 4 is 34.8 Å². The maximum absolute atomic E-state index is 12.1. The van der Waals surface area contributed by atoms with E-state index in [1.807, 2.05) is 13.0 Å². The Morgan fingerprint density at radius 2 is 1.93 bits per heavy atom. The highest BCUT2D eigenvalue weighted by Gasteiger charge is 2.10. The highest BCUT2D eigenvalue weighted by Crippen LogP contribution is 2.30. The van der Waals surface area contributed by atoms with Crippen molar-refractivity contribution in [3.05, 3.63) is 64.8 Å². The lowest BCUT2D eigenvalue weighted by molar-refractivity contribution is -0.118. The van der Waals surface area contributed by atoms with Crippen molar-refractivity contribution in [3.8, 4) is 5.75 Å². The zero-order valence-electron chi connectivity index (χ0n) is 15.5. The normalized spacial score (nSPS) is 11.2. The van der Waals surface area contributed by atoms with Crippen LogP contribution in [0, 0.1) is 20.8 Å². The lowest BCUT2D eigenvalue weighted by atomic mass is 10.1. The lowest BCUT2D eigenvalue weighted by Gasteiger charge is -2.10. The van der Waals surface area contributed by atoms with Gasteiger partial charge < -0.3 is 5.11 Å². The summed E-state index contributed by atoms with van der Waals surface area (Å²) < 4.78 is 0. The first-order valence-corrected chi connectivity index (χ1v) is 9.53. The molecule has 0 bridgehead atoms. The molecule has 2 aromatic carbocycles. The molecule has 1 heterocycles. The van der Waals surface area contributed by atoms with Crippen LogP contribution < -0.4 is 5.43 Å². The number of fused-ring (bicyclic) bond motifs is 1. The molecule has 27 heavy (non-hydrogen) atoms. The number of hydrogen-bond donors (Lipinski definition) is 2. The van der Waals surface area contributed by atoms with Gasteiger partial charge in [-0.3, -0.25) is 9.78 Å². The lowest BCUT2D eigenvalue weighted by Crippen LogP contribution is -2.19. The SMILES string of the molecule is Cc1cc(C)c2nc(C)cc(SCC(=O)N/N=C/c3ccc(O)cc3)c2c1. The van der Waals surface area contributed by atoms with E-state index >= 15 is 0 Å². The molecular weight excluding hydrogens is 358 g/mol. The topological polar surface area (TPSA) is 74.6 Å². The monoisotopic (exact) mass is 379 g/mol. The van der Waals surface area contributed by atoms with Crippen molar-refractivity contribution in [2.45, 2.75) is 25.7 Å². The van der Waals surface area contributed by atoms with E-state index in [4.69, 9.17) is 0 Å². The van der Waals surface area contributed by atoms with Gasteiger partial charge in [0.25, 0.3) is 0 Å². The summed E-state index contributed by atoms with van der Waals surface area (Å²) in [6.07, 6.45) is 1.54. The fraction of sp³-hybridized carbons (Fsp3) is 0.190. The van der Waals surface area contributed by atoms with Gasteiger partial charge >= 0.3 is 0 Å². The Hall–Kier alpha value is -2.86. The molecule has 138 valence electrons. The molecule has 0 saturated carbocycles. The minimum Gasteiger partial charge on any atom is -0.508 e. The molecule has 3 aromatic rings. The number of aromatic nitrogens is 1. The average molecular weight is 379 g/mol. The number of carbonyl (C=O) groups excluding carboxylic acids is 1. The third-order valence-electron chi connectivity index (χ3n) is 3.99. The van der Waals surface area contributed by atoms with E-state index in [0.717, 1.165) is 32.6 Å². The minimum absolute atomic E-state index is 0.179. The predicted octanol–water partition coefficient (Wildman–Crippen LogP) is 4.11. The smallest absolute Gasteiger partial charge is 0.250 e. The maximum Gasteiger partial charge on any atom is 0.250 e. The molecule has 3 rings (SSSR count). The molecule has 2 N–H and O–H groups in total. The van der Waals surface area contributed by atoms with Crippen LogP contribution in [0.3, 0.4) is 0 Å². The van der Waals surface area contributed by atoms with Crippen LogP contribution in [0.15, 0.2) is 52.5 Å². The second-order valence-corrected chi connectivity index (χ2v) is 7.43. The molecule has 0 saturated heterocycles. The van der Waals surface area contributed by atoms with E-state index in [2.05, 4.69) is 41.5 Å². The molecule has 6 heteroatoms. The van der Waals surface area contributed by atoms with E-state index in [9.17, 15) is 9.90 Å². The number of nitrogens with zero attached hydrogens (tertiary/aromatic N) is 2. The molecule has 0 unspecified atom stereocenters. The average Bonchev–Trinajstić information content (AvgIpc) is 2.62. The highest BCUT2D eigenvalue weighted by molar-refractivity contribution is 8.00. The second kappa shape index (κ2) is 8.22. The number of aromatic hydroxyl groups is 1. The zero-order chi connectivity index (χ0) is 19.4. The number of rotatable bonds is 5. The first-order chi connectivity index (χ1) is 12.9. The summed E-state index contributed by atoms with van der Waals surface area (Å²) in [6, 6.07) is 12.8. The summed E-state index contributed by atoms with van der Waals surface area (Å²) in [7, 11) is 0. The van der Waals surface area contributed by atoms with E-state index < -0.39 is 0 Å². The summed E-state index contributed by atoms with van der Waals surface area (Å²) in [5.41, 5.74) is 7.55. The summed E-state index contributed by atoms with van der Waals surface area (Å²) in [5, 5.41) is 14.3. The fourth-order valence-corrected chi connectivity index (χ4v) is 3.72. The maximum atomic E-state index is 12.1. The first kappa shape index (κ1) is 18.9. The third kappa shape index (κ3) is 4.86. The second-order valence-electron chi connectivity index (χ2n) is 6.41. The van der Waals surface area contributed by atoms with Gasteiger partial charge in [0.15, 0.2) is 0 Å². The number of nitrogens with one attached hydrogen (secondary N) is 1. The van der Waals surface area contributed by atoms with Crippen molar-refractivity contribution in [3.63, 3.8) is 0 Å². The Morgan fingerprint density at radius 1 is 1.19 bits per heavy atom. The minimum atomic E-state index is -0.179. The molecule has 1 amide bonds. The summed E-state index contributed by atoms with van der Waals surface area (Å²) in [5.74, 6) is 0.276. The van der Waals surface area contributed by atoms with Crippen LogP contribution in [-0.2, 0) is 4.79 Å². The Balaban J connectivity index is 1.67. The number of hydrazone groups is 1. The zero-order valence-corrected chi connectivity index (χ0v) is 16.3. The fourth-order valence-electron chi connectivity index (χ4n) is 2.81. The molecule has 1 aromatic heterocycles. The van der Waals surface area contributed by atoms with Crippen molar-refractivity contribution in [1.82, 2.24) is 10.4 Å². The van der Waals surface area contributed by atoms with Gasteiger partial charge in [0.05, 0.1) is 17.5 Å². The van der Waals surface area contributed by atoms with Gasteiger partial charge in [-0.25, -0.2) is 5.43 Å². The molecular formula is C21H21N3O2S. The Labute approximate surface area is 162 Å². The molecule has 0 spiro atoms. The van der Waals surface area contributed by atoms with E-state index in [1.165, 1.54) is 17.3 Å². The molecule has 0 aliphatic carbocycles. The number of amides is 1. The summed E-state index contributed by atoms with van der Waals surface area (Å²) in [6.45, 7) is 6.08. The summed E-state index contributed by atoms with van der Waals surface area (Å²) in [4.78, 5) is 17.8. The van der Waals surface area contributed by atoms with Crippen molar-refractivity contribution in [2.24, 2.45) is 5.10 Å². The van der Waals surface area contributed by atoms with Crippen LogP contribution >= 0.6 is 11.8 Å². The Bertz CT molecular complexity index is 1010. The molecule has 0 atom stereocenters. The predicted molar refractivity (Wildman–Crippen MR) is 111 cm³/mol. The van der Waals surface area contributed by atoms with E-state index in [1.54, 1.807) is 30.5 Å². The van der Waals surface area contributed by atoms with Crippen molar-refractivity contribution in [1.29, 1.82) is 0 Å². The van der Waals surface area contributed by atoms with Crippen LogP contribution in [0.25, 0.3) is 10.9 Å². The van der Waals surface area contributed by atoms with Gasteiger partial charge in [0, 0.05) is 16.0 Å². The number of thioether (sulfide) groups is 1. The number of benzene rings is 2. The Morgan fingerprint density at radius 3 is 2.67 bits per heavy atom. The quantitative estimate of drug-likeness (QED) is 0.397. The van der Waals surface area contributed by atoms with E-state index in [-0.39, 0.29) is 17.4 Å². The van der Waals surface area contributed by atoms with Crippen LogP contribution in [-0.4, -0.2) is 28.0 Å². The number of carbonyl (C=O) groups is 1. The molecule has 0 aliphatic heterocycles. The largest absolute Gasteiger partial charge is 0.508 e. The van der Waals surface area contributed by atoms with Gasteiger partial charge in [-0.05, 0) is 68.3 Å². The van der Waals surface area contributed by atoms with Crippen LogP contribution in [0.4, 0.5) is 0 Å². The van der Waals surface area contributed by atoms with Crippen molar-refractivity contribution < 1.29 is 9.90 Å². The third-order valence-corrected chi connectivity index (χ3v) is 5.05. The molecule has 5 nitrogen and oxygen atoms in total. The highest BCUT2D eigenvalue weighted by atomic mass is 32.2. The number of phenols is 1. The molecule has 0 aliphatic rings. The number of pyridine rings is 1. The van der Waals surface area contributed by atoms with Crippen LogP contribution in [0.2, 0.25) is 0 Å². The van der Waals surface area contributed by atoms with Gasteiger partial charge in [0.2, 0.25) is 5.91 Å². The molecule has 0 fully saturated rings. The van der Waals surface area contributed by atoms with E-state index in [0.29, 0.717) is 0 Å².